The van der Waals surface area contributed by atoms with Crippen molar-refractivity contribution in [3.05, 3.63) is 60.3 Å². The van der Waals surface area contributed by atoms with Crippen LogP contribution in [0.15, 0.2) is 48.8 Å². The van der Waals surface area contributed by atoms with Crippen LogP contribution in [0.3, 0.4) is 0 Å². The number of rotatable bonds is 4. The van der Waals surface area contributed by atoms with Crippen LogP contribution in [0.1, 0.15) is 5.69 Å². The van der Waals surface area contributed by atoms with Gasteiger partial charge in [0.25, 0.3) is 0 Å². The smallest absolute Gasteiger partial charge is 0.225 e. The van der Waals surface area contributed by atoms with E-state index in [1.165, 1.54) is 12.1 Å². The van der Waals surface area contributed by atoms with Crippen LogP contribution in [0.2, 0.25) is 0 Å². The first kappa shape index (κ1) is 14.7. The monoisotopic (exact) mass is 335 g/mol. The molecule has 2 aromatic heterocycles. The molecule has 0 bridgehead atoms. The number of piperidine rings is 1. The van der Waals surface area contributed by atoms with Gasteiger partial charge >= 0.3 is 0 Å². The number of anilines is 1. The van der Waals surface area contributed by atoms with Gasteiger partial charge in [0.2, 0.25) is 5.95 Å². The molecule has 6 heteroatoms. The van der Waals surface area contributed by atoms with Gasteiger partial charge in [-0.25, -0.2) is 14.4 Å². The number of hydrogen-bond donors (Lipinski definition) is 1. The minimum absolute atomic E-state index is 0.224. The Bertz CT molecular complexity index is 904. The number of fused-ring (bicyclic) bond motifs is 2. The number of pyridine rings is 1. The highest BCUT2D eigenvalue weighted by Gasteiger charge is 2.55. The quantitative estimate of drug-likeness (QED) is 0.793. The van der Waals surface area contributed by atoms with Crippen molar-refractivity contribution in [2.45, 2.75) is 12.6 Å². The Morgan fingerprint density at radius 1 is 1.08 bits per heavy atom. The van der Waals surface area contributed by atoms with E-state index >= 15 is 0 Å². The van der Waals surface area contributed by atoms with Gasteiger partial charge in [-0.2, -0.15) is 0 Å². The van der Waals surface area contributed by atoms with Gasteiger partial charge < -0.3 is 10.2 Å². The van der Waals surface area contributed by atoms with Gasteiger partial charge in [-0.1, -0.05) is 6.07 Å². The maximum atomic E-state index is 13.2. The highest BCUT2D eigenvalue weighted by atomic mass is 19.1. The van der Waals surface area contributed by atoms with E-state index in [0.717, 1.165) is 42.2 Å². The standard InChI is InChI=1S/C19H18FN5/c20-13-3-5-17-12(8-13)2-4-14(24-17)9-23-18-15-10-25(11-16(15)18)19-21-6-1-7-22-19/h1-8,15-16,18,23H,9-11H2. The number of aromatic nitrogens is 3. The van der Waals surface area contributed by atoms with Crippen LogP contribution in [-0.2, 0) is 6.54 Å². The lowest BCUT2D eigenvalue weighted by Gasteiger charge is -2.19. The molecule has 25 heavy (non-hydrogen) atoms. The summed E-state index contributed by atoms with van der Waals surface area (Å²) in [6.07, 6.45) is 3.58. The second-order valence-electron chi connectivity index (χ2n) is 6.83. The molecule has 2 unspecified atom stereocenters. The zero-order valence-corrected chi connectivity index (χ0v) is 13.6. The minimum Gasteiger partial charge on any atom is -0.340 e. The van der Waals surface area contributed by atoms with Gasteiger partial charge in [-0.3, -0.25) is 4.98 Å². The highest BCUT2D eigenvalue weighted by molar-refractivity contribution is 5.78. The lowest BCUT2D eigenvalue weighted by atomic mass is 10.2. The predicted octanol–water partition coefficient (Wildman–Crippen LogP) is 2.39. The second-order valence-corrected chi connectivity index (χ2v) is 6.83. The maximum Gasteiger partial charge on any atom is 0.225 e. The normalized spacial score (nSPS) is 24.5. The van der Waals surface area contributed by atoms with E-state index in [2.05, 4.69) is 25.2 Å². The molecule has 5 rings (SSSR count). The van der Waals surface area contributed by atoms with Crippen molar-refractivity contribution in [3.63, 3.8) is 0 Å². The highest BCUT2D eigenvalue weighted by Crippen LogP contribution is 2.46. The summed E-state index contributed by atoms with van der Waals surface area (Å²) in [5.41, 5.74) is 1.83. The number of halogens is 1. The first-order valence-electron chi connectivity index (χ1n) is 8.58. The van der Waals surface area contributed by atoms with Gasteiger partial charge in [-0.15, -0.1) is 0 Å². The summed E-state index contributed by atoms with van der Waals surface area (Å²) in [6.45, 7) is 2.76. The Kier molecular flexibility index (Phi) is 3.38. The molecule has 1 aliphatic heterocycles. The summed E-state index contributed by atoms with van der Waals surface area (Å²) >= 11 is 0. The van der Waals surface area contributed by atoms with E-state index < -0.39 is 0 Å². The minimum atomic E-state index is -0.224. The Morgan fingerprint density at radius 3 is 2.68 bits per heavy atom. The maximum absolute atomic E-state index is 13.2. The fourth-order valence-corrected chi connectivity index (χ4v) is 3.91. The third-order valence-corrected chi connectivity index (χ3v) is 5.26. The molecular weight excluding hydrogens is 317 g/mol. The van der Waals surface area contributed by atoms with Crippen LogP contribution in [0.25, 0.3) is 10.9 Å². The van der Waals surface area contributed by atoms with Crippen molar-refractivity contribution >= 4 is 16.9 Å². The van der Waals surface area contributed by atoms with Crippen molar-refractivity contribution in [2.75, 3.05) is 18.0 Å². The van der Waals surface area contributed by atoms with Crippen molar-refractivity contribution in [2.24, 2.45) is 11.8 Å². The Morgan fingerprint density at radius 2 is 1.88 bits per heavy atom. The zero-order valence-electron chi connectivity index (χ0n) is 13.6. The van der Waals surface area contributed by atoms with Crippen LogP contribution >= 0.6 is 0 Å². The molecule has 0 spiro atoms. The molecule has 0 amide bonds. The first-order valence-corrected chi connectivity index (χ1v) is 8.58. The van der Waals surface area contributed by atoms with Gasteiger partial charge in [0.15, 0.2) is 0 Å². The van der Waals surface area contributed by atoms with E-state index in [0.29, 0.717) is 17.9 Å². The lowest BCUT2D eigenvalue weighted by molar-refractivity contribution is 0.583. The first-order chi connectivity index (χ1) is 12.3. The van der Waals surface area contributed by atoms with Crippen LogP contribution in [-0.4, -0.2) is 34.1 Å². The third kappa shape index (κ3) is 2.72. The van der Waals surface area contributed by atoms with Crippen molar-refractivity contribution in [1.29, 1.82) is 0 Å². The van der Waals surface area contributed by atoms with Crippen molar-refractivity contribution < 1.29 is 4.39 Å². The summed E-state index contributed by atoms with van der Waals surface area (Å²) in [7, 11) is 0. The van der Waals surface area contributed by atoms with Gasteiger partial charge in [0.05, 0.1) is 11.2 Å². The van der Waals surface area contributed by atoms with Gasteiger partial charge in [0.1, 0.15) is 5.82 Å². The molecule has 3 aromatic rings. The van der Waals surface area contributed by atoms with Crippen LogP contribution in [0, 0.1) is 17.7 Å². The van der Waals surface area contributed by atoms with Crippen molar-refractivity contribution in [3.8, 4) is 0 Å². The molecule has 3 heterocycles. The summed E-state index contributed by atoms with van der Waals surface area (Å²) in [4.78, 5) is 15.5. The van der Waals surface area contributed by atoms with Crippen LogP contribution in [0.5, 0.6) is 0 Å². The molecule has 2 fully saturated rings. The molecule has 1 aliphatic carbocycles. The third-order valence-electron chi connectivity index (χ3n) is 5.26. The summed E-state index contributed by atoms with van der Waals surface area (Å²) in [5.74, 6) is 1.94. The van der Waals surface area contributed by atoms with E-state index in [1.807, 2.05) is 18.2 Å². The summed E-state index contributed by atoms with van der Waals surface area (Å²) in [6, 6.07) is 11.0. The molecule has 5 nitrogen and oxygen atoms in total. The molecule has 1 saturated carbocycles. The zero-order chi connectivity index (χ0) is 16.8. The van der Waals surface area contributed by atoms with Crippen molar-refractivity contribution in [1.82, 2.24) is 20.3 Å². The Labute approximate surface area is 144 Å². The summed E-state index contributed by atoms with van der Waals surface area (Å²) in [5, 5.41) is 4.46. The van der Waals surface area contributed by atoms with E-state index in [1.54, 1.807) is 18.5 Å². The molecule has 1 saturated heterocycles. The average Bonchev–Trinajstić information content (AvgIpc) is 3.09. The number of benzene rings is 1. The molecule has 0 radical (unpaired) electrons. The van der Waals surface area contributed by atoms with Crippen LogP contribution < -0.4 is 10.2 Å². The topological polar surface area (TPSA) is 53.9 Å². The lowest BCUT2D eigenvalue weighted by Crippen LogP contribution is -2.32. The van der Waals surface area contributed by atoms with Crippen LogP contribution in [0.4, 0.5) is 10.3 Å². The predicted molar refractivity (Wildman–Crippen MR) is 93.6 cm³/mol. The second kappa shape index (κ2) is 5.74. The van der Waals surface area contributed by atoms with E-state index in [4.69, 9.17) is 0 Å². The Balaban J connectivity index is 1.20. The summed E-state index contributed by atoms with van der Waals surface area (Å²) < 4.78 is 13.2. The molecule has 126 valence electrons. The van der Waals surface area contributed by atoms with Gasteiger partial charge in [0, 0.05) is 43.5 Å². The number of nitrogens with zero attached hydrogens (tertiary/aromatic N) is 4. The Hall–Kier alpha value is -2.60. The average molecular weight is 335 g/mol. The van der Waals surface area contributed by atoms with E-state index in [9.17, 15) is 4.39 Å². The SMILES string of the molecule is Fc1ccc2nc(CNC3C4CN(c5ncccn5)CC43)ccc2c1. The molecule has 1 aromatic carbocycles. The number of nitrogens with one attached hydrogen (secondary N) is 1. The molecule has 1 N–H and O–H groups in total. The fourth-order valence-electron chi connectivity index (χ4n) is 3.91. The molecule has 2 atom stereocenters. The fraction of sp³-hybridized carbons (Fsp3) is 0.316. The molecule has 2 aliphatic rings. The molecular formula is C19H18FN5. The van der Waals surface area contributed by atoms with Gasteiger partial charge in [-0.05, 0) is 42.2 Å². The largest absolute Gasteiger partial charge is 0.340 e. The van der Waals surface area contributed by atoms with E-state index in [-0.39, 0.29) is 5.82 Å². The number of hydrogen-bond acceptors (Lipinski definition) is 5.